The van der Waals surface area contributed by atoms with Crippen LogP contribution in [0.5, 0.6) is 0 Å². The molecule has 0 aromatic heterocycles. The first-order chi connectivity index (χ1) is 3.39. The molecule has 38 valence electrons. The van der Waals surface area contributed by atoms with E-state index in [-0.39, 0.29) is 0 Å². The average Bonchev–Trinajstić information content (AvgIpc) is 1.69. The highest BCUT2D eigenvalue weighted by molar-refractivity contribution is 8.01. The van der Waals surface area contributed by atoms with Crippen LogP contribution in [0.25, 0.3) is 0 Å². The highest BCUT2D eigenvalue weighted by atomic mass is 32.2. The van der Waals surface area contributed by atoms with Gasteiger partial charge in [0.2, 0.25) is 0 Å². The summed E-state index contributed by atoms with van der Waals surface area (Å²) in [4.78, 5) is 0.924. The second-order valence-electron chi connectivity index (χ2n) is 1.22. The van der Waals surface area contributed by atoms with Crippen molar-refractivity contribution in [1.29, 1.82) is 0 Å². The van der Waals surface area contributed by atoms with Crippen LogP contribution in [-0.2, 0) is 0 Å². The van der Waals surface area contributed by atoms with E-state index in [1.807, 2.05) is 11.5 Å². The van der Waals surface area contributed by atoms with Crippen molar-refractivity contribution in [1.82, 2.24) is 4.72 Å². The van der Waals surface area contributed by atoms with Gasteiger partial charge in [0, 0.05) is 6.42 Å². The van der Waals surface area contributed by atoms with Gasteiger partial charge >= 0.3 is 0 Å². The topological polar surface area (TPSA) is 12.0 Å². The monoisotopic (exact) mass is 131 g/mol. The summed E-state index contributed by atoms with van der Waals surface area (Å²) in [6.07, 6.45) is 2.95. The van der Waals surface area contributed by atoms with Crippen LogP contribution in [0.2, 0.25) is 0 Å². The van der Waals surface area contributed by atoms with Crippen LogP contribution < -0.4 is 4.72 Å². The van der Waals surface area contributed by atoms with Gasteiger partial charge < -0.3 is 4.72 Å². The first kappa shape index (κ1) is 5.12. The van der Waals surface area contributed by atoms with Gasteiger partial charge in [0.1, 0.15) is 0 Å². The van der Waals surface area contributed by atoms with Crippen molar-refractivity contribution in [3.8, 4) is 0 Å². The van der Waals surface area contributed by atoms with Crippen molar-refractivity contribution in [2.45, 2.75) is 6.42 Å². The molecule has 0 bridgehead atoms. The summed E-state index contributed by atoms with van der Waals surface area (Å²) in [7, 11) is 0. The molecular weight excluding hydrogens is 126 g/mol. The molecule has 0 unspecified atom stereocenters. The van der Waals surface area contributed by atoms with Gasteiger partial charge in [-0.05, 0) is 17.4 Å². The van der Waals surface area contributed by atoms with Gasteiger partial charge in [0.25, 0.3) is 0 Å². The smallest absolute Gasteiger partial charge is 0.0893 e. The van der Waals surface area contributed by atoms with Gasteiger partial charge in [0.15, 0.2) is 0 Å². The van der Waals surface area contributed by atoms with Gasteiger partial charge in [-0.25, -0.2) is 0 Å². The Hall–Kier alpha value is -0.0200. The van der Waals surface area contributed by atoms with Crippen molar-refractivity contribution in [2.24, 2.45) is 0 Å². The maximum atomic E-state index is 4.82. The van der Waals surface area contributed by atoms with E-state index < -0.39 is 0 Å². The van der Waals surface area contributed by atoms with Crippen LogP contribution in [-0.4, -0.2) is 4.99 Å². The summed E-state index contributed by atoms with van der Waals surface area (Å²) in [5, 5.41) is 2.00. The van der Waals surface area contributed by atoms with Crippen molar-refractivity contribution in [3.63, 3.8) is 0 Å². The standard InChI is InChI=1S/C4H5NS2/c6-4-2-1-3-7-5-4/h1,3H,2H2,(H,5,6). The number of hydrogen-bond acceptors (Lipinski definition) is 2. The van der Waals surface area contributed by atoms with Crippen LogP contribution in [0.1, 0.15) is 6.42 Å². The Morgan fingerprint density at radius 3 is 3.00 bits per heavy atom. The summed E-state index contributed by atoms with van der Waals surface area (Å²) in [6, 6.07) is 0. The molecule has 1 N–H and O–H groups in total. The molecule has 0 radical (unpaired) electrons. The van der Waals surface area contributed by atoms with E-state index in [0.29, 0.717) is 0 Å². The Kier molecular flexibility index (Phi) is 1.70. The molecule has 3 heteroatoms. The third-order valence-electron chi connectivity index (χ3n) is 0.640. The molecule has 0 spiro atoms. The maximum Gasteiger partial charge on any atom is 0.0893 e. The van der Waals surface area contributed by atoms with Crippen molar-refractivity contribution in [3.05, 3.63) is 11.5 Å². The first-order valence-corrected chi connectivity index (χ1v) is 3.28. The zero-order chi connectivity index (χ0) is 5.11. The molecule has 0 amide bonds. The summed E-state index contributed by atoms with van der Waals surface area (Å²) in [5.41, 5.74) is 0. The van der Waals surface area contributed by atoms with E-state index in [2.05, 4.69) is 4.72 Å². The number of thiocarbonyl (C=S) groups is 1. The minimum Gasteiger partial charge on any atom is -0.320 e. The molecule has 1 aliphatic heterocycles. The second-order valence-corrected chi connectivity index (χ2v) is 2.42. The Morgan fingerprint density at radius 2 is 2.71 bits per heavy atom. The molecule has 0 aromatic rings. The van der Waals surface area contributed by atoms with E-state index in [4.69, 9.17) is 12.2 Å². The zero-order valence-corrected chi connectivity index (χ0v) is 5.31. The highest BCUT2D eigenvalue weighted by Gasteiger charge is 1.94. The fraction of sp³-hybridized carbons (Fsp3) is 0.250. The van der Waals surface area contributed by atoms with Crippen LogP contribution in [0.4, 0.5) is 0 Å². The normalized spacial score (nSPS) is 19.1. The lowest BCUT2D eigenvalue weighted by atomic mass is 10.4. The van der Waals surface area contributed by atoms with Crippen LogP contribution in [0, 0.1) is 0 Å². The van der Waals surface area contributed by atoms with Gasteiger partial charge in [-0.1, -0.05) is 18.3 Å². The largest absolute Gasteiger partial charge is 0.320 e. The fourth-order valence-corrected chi connectivity index (χ4v) is 1.06. The summed E-state index contributed by atoms with van der Waals surface area (Å²) < 4.78 is 2.94. The molecule has 0 atom stereocenters. The molecule has 0 aliphatic carbocycles. The maximum absolute atomic E-state index is 4.82. The van der Waals surface area contributed by atoms with E-state index in [1.165, 1.54) is 11.9 Å². The van der Waals surface area contributed by atoms with E-state index >= 15 is 0 Å². The fourth-order valence-electron chi connectivity index (χ4n) is 0.345. The van der Waals surface area contributed by atoms with Crippen LogP contribution >= 0.6 is 24.2 Å². The molecule has 1 nitrogen and oxygen atoms in total. The molecule has 1 heterocycles. The van der Waals surface area contributed by atoms with E-state index in [9.17, 15) is 0 Å². The quantitative estimate of drug-likeness (QED) is 0.395. The summed E-state index contributed by atoms with van der Waals surface area (Å²) in [5.74, 6) is 0. The van der Waals surface area contributed by atoms with Gasteiger partial charge in [-0.3, -0.25) is 0 Å². The van der Waals surface area contributed by atoms with Gasteiger partial charge in [0.05, 0.1) is 4.99 Å². The minimum absolute atomic E-state index is 0.905. The van der Waals surface area contributed by atoms with E-state index in [1.54, 1.807) is 0 Å². The number of hydrogen-bond donors (Lipinski definition) is 1. The van der Waals surface area contributed by atoms with Crippen molar-refractivity contribution in [2.75, 3.05) is 0 Å². The molecule has 7 heavy (non-hydrogen) atoms. The van der Waals surface area contributed by atoms with Crippen LogP contribution in [0.3, 0.4) is 0 Å². The zero-order valence-electron chi connectivity index (χ0n) is 3.68. The van der Waals surface area contributed by atoms with Gasteiger partial charge in [-0.15, -0.1) is 0 Å². The Labute approximate surface area is 52.3 Å². The predicted octanol–water partition coefficient (Wildman–Crippen LogP) is 1.47. The second kappa shape index (κ2) is 2.33. The lowest BCUT2D eigenvalue weighted by Crippen LogP contribution is -2.12. The molecule has 0 aromatic carbocycles. The van der Waals surface area contributed by atoms with Crippen molar-refractivity contribution >= 4 is 29.2 Å². The first-order valence-electron chi connectivity index (χ1n) is 1.99. The average molecular weight is 131 g/mol. The minimum atomic E-state index is 0.905. The van der Waals surface area contributed by atoms with Crippen LogP contribution in [0.15, 0.2) is 11.5 Å². The summed E-state index contributed by atoms with van der Waals surface area (Å²) in [6.45, 7) is 0. The third-order valence-corrected chi connectivity index (χ3v) is 1.73. The number of rotatable bonds is 0. The molecule has 0 saturated heterocycles. The van der Waals surface area contributed by atoms with Gasteiger partial charge in [-0.2, -0.15) is 0 Å². The highest BCUT2D eigenvalue weighted by Crippen LogP contribution is 2.04. The number of nitrogens with one attached hydrogen (secondary N) is 1. The molecule has 0 saturated carbocycles. The molecular formula is C4H5NS2. The van der Waals surface area contributed by atoms with Crippen molar-refractivity contribution < 1.29 is 0 Å². The SMILES string of the molecule is S=C1CC=CSN1. The Balaban J connectivity index is 2.47. The third kappa shape index (κ3) is 1.49. The Morgan fingerprint density at radius 1 is 1.86 bits per heavy atom. The Bertz CT molecular complexity index is 108. The van der Waals surface area contributed by atoms with E-state index in [0.717, 1.165) is 11.4 Å². The molecule has 0 fully saturated rings. The lowest BCUT2D eigenvalue weighted by Gasteiger charge is -2.04. The molecule has 1 aliphatic rings. The predicted molar refractivity (Wildman–Crippen MR) is 37.1 cm³/mol. The summed E-state index contributed by atoms with van der Waals surface area (Å²) >= 11 is 6.35. The lowest BCUT2D eigenvalue weighted by molar-refractivity contribution is 1.39. The molecule has 1 rings (SSSR count).